The van der Waals surface area contributed by atoms with Crippen LogP contribution in [0.25, 0.3) is 6.08 Å². The van der Waals surface area contributed by atoms with Crippen molar-refractivity contribution in [2.45, 2.75) is 26.8 Å². The maximum Gasteiger partial charge on any atom is 0.328 e. The van der Waals surface area contributed by atoms with Gasteiger partial charge in [-0.3, -0.25) is 4.79 Å². The standard InChI is InChI=1S/C13H17NO3S/c1-8(2)9(3)14-13(17)10-6-11(18-7-10)4-5-12(15)16/h4-9H,1-3H3,(H,14,17)(H,15,16). The summed E-state index contributed by atoms with van der Waals surface area (Å²) in [5.41, 5.74) is 0.567. The lowest BCUT2D eigenvalue weighted by molar-refractivity contribution is -0.131. The first-order chi connectivity index (χ1) is 8.40. The molecule has 98 valence electrons. The van der Waals surface area contributed by atoms with Gasteiger partial charge >= 0.3 is 5.97 Å². The molecule has 1 amide bonds. The van der Waals surface area contributed by atoms with Gasteiger partial charge in [-0.15, -0.1) is 11.3 Å². The van der Waals surface area contributed by atoms with E-state index in [9.17, 15) is 9.59 Å². The number of rotatable bonds is 5. The van der Waals surface area contributed by atoms with E-state index >= 15 is 0 Å². The van der Waals surface area contributed by atoms with Gasteiger partial charge in [0.2, 0.25) is 0 Å². The van der Waals surface area contributed by atoms with Gasteiger partial charge in [-0.2, -0.15) is 0 Å². The first-order valence-corrected chi connectivity index (χ1v) is 6.58. The molecule has 0 aliphatic carbocycles. The van der Waals surface area contributed by atoms with Crippen molar-refractivity contribution >= 4 is 29.3 Å². The first-order valence-electron chi connectivity index (χ1n) is 5.70. The molecule has 1 rings (SSSR count). The monoisotopic (exact) mass is 267 g/mol. The summed E-state index contributed by atoms with van der Waals surface area (Å²) in [4.78, 5) is 23.0. The average molecular weight is 267 g/mol. The number of carboxylic acid groups (broad SMARTS) is 1. The molecule has 0 bridgehead atoms. The zero-order chi connectivity index (χ0) is 13.7. The fourth-order valence-electron chi connectivity index (χ4n) is 1.17. The largest absolute Gasteiger partial charge is 0.478 e. The third-order valence-electron chi connectivity index (χ3n) is 2.63. The molecule has 0 aliphatic rings. The molecule has 0 aromatic carbocycles. The fraction of sp³-hybridized carbons (Fsp3) is 0.385. The quantitative estimate of drug-likeness (QED) is 0.806. The van der Waals surface area contributed by atoms with Crippen molar-refractivity contribution in [3.05, 3.63) is 28.0 Å². The zero-order valence-electron chi connectivity index (χ0n) is 10.6. The molecule has 0 radical (unpaired) electrons. The van der Waals surface area contributed by atoms with Crippen LogP contribution < -0.4 is 5.32 Å². The van der Waals surface area contributed by atoms with Crippen LogP contribution in [0.2, 0.25) is 0 Å². The van der Waals surface area contributed by atoms with E-state index in [0.29, 0.717) is 11.5 Å². The van der Waals surface area contributed by atoms with Gasteiger partial charge in [0.25, 0.3) is 5.91 Å². The average Bonchev–Trinajstić information content (AvgIpc) is 2.74. The van der Waals surface area contributed by atoms with Crippen molar-refractivity contribution in [2.75, 3.05) is 0 Å². The van der Waals surface area contributed by atoms with Gasteiger partial charge in [0.1, 0.15) is 0 Å². The second kappa shape index (κ2) is 6.35. The number of carboxylic acids is 1. The first kappa shape index (κ1) is 14.4. The van der Waals surface area contributed by atoms with Crippen LogP contribution in [0.4, 0.5) is 0 Å². The Hall–Kier alpha value is -1.62. The minimum Gasteiger partial charge on any atom is -0.478 e. The third kappa shape index (κ3) is 4.33. The summed E-state index contributed by atoms with van der Waals surface area (Å²) in [6, 6.07) is 1.79. The second-order valence-electron chi connectivity index (χ2n) is 4.42. The molecule has 1 unspecified atom stereocenters. The maximum absolute atomic E-state index is 11.9. The molecule has 1 aromatic rings. The van der Waals surface area contributed by atoms with Crippen molar-refractivity contribution in [2.24, 2.45) is 5.92 Å². The number of hydrogen-bond donors (Lipinski definition) is 2. The van der Waals surface area contributed by atoms with Crippen molar-refractivity contribution in [3.8, 4) is 0 Å². The van der Waals surface area contributed by atoms with Gasteiger partial charge in [-0.05, 0) is 25.0 Å². The van der Waals surface area contributed by atoms with Crippen LogP contribution in [0.3, 0.4) is 0 Å². The van der Waals surface area contributed by atoms with Crippen LogP contribution in [-0.4, -0.2) is 23.0 Å². The molecule has 2 N–H and O–H groups in total. The lowest BCUT2D eigenvalue weighted by Gasteiger charge is -2.16. The SMILES string of the molecule is CC(C)C(C)NC(=O)c1csc(C=CC(=O)O)c1. The summed E-state index contributed by atoms with van der Waals surface area (Å²) in [6.45, 7) is 6.04. The molecule has 0 aliphatic heterocycles. The zero-order valence-corrected chi connectivity index (χ0v) is 11.5. The summed E-state index contributed by atoms with van der Waals surface area (Å²) in [6.07, 6.45) is 2.54. The fourth-order valence-corrected chi connectivity index (χ4v) is 1.95. The summed E-state index contributed by atoms with van der Waals surface area (Å²) >= 11 is 1.34. The predicted octanol–water partition coefficient (Wildman–Crippen LogP) is 2.62. The number of thiophene rings is 1. The van der Waals surface area contributed by atoms with Crippen molar-refractivity contribution < 1.29 is 14.7 Å². The summed E-state index contributed by atoms with van der Waals surface area (Å²) in [5, 5.41) is 13.1. The van der Waals surface area contributed by atoms with E-state index in [0.717, 1.165) is 11.0 Å². The van der Waals surface area contributed by atoms with Gasteiger partial charge in [-0.1, -0.05) is 13.8 Å². The topological polar surface area (TPSA) is 66.4 Å². The Labute approximate surface area is 110 Å². The minimum atomic E-state index is -0.997. The molecule has 0 spiro atoms. The van der Waals surface area contributed by atoms with E-state index in [4.69, 9.17) is 5.11 Å². The molecular formula is C13H17NO3S. The highest BCUT2D eigenvalue weighted by Crippen LogP contribution is 2.16. The Morgan fingerprint density at radius 1 is 1.39 bits per heavy atom. The number of amides is 1. The molecular weight excluding hydrogens is 250 g/mol. The number of carbonyl (C=O) groups excluding carboxylic acids is 1. The number of hydrogen-bond acceptors (Lipinski definition) is 3. The Morgan fingerprint density at radius 3 is 2.61 bits per heavy atom. The lowest BCUT2D eigenvalue weighted by Crippen LogP contribution is -2.35. The highest BCUT2D eigenvalue weighted by molar-refractivity contribution is 7.11. The summed E-state index contributed by atoms with van der Waals surface area (Å²) in [7, 11) is 0. The van der Waals surface area contributed by atoms with Crippen molar-refractivity contribution in [1.82, 2.24) is 5.32 Å². The van der Waals surface area contributed by atoms with Crippen LogP contribution in [0.5, 0.6) is 0 Å². The third-order valence-corrected chi connectivity index (χ3v) is 3.53. The van der Waals surface area contributed by atoms with Crippen molar-refractivity contribution in [3.63, 3.8) is 0 Å². The molecule has 0 saturated carbocycles. The molecule has 1 aromatic heterocycles. The smallest absolute Gasteiger partial charge is 0.328 e. The van der Waals surface area contributed by atoms with Gasteiger partial charge in [0.05, 0.1) is 5.56 Å². The predicted molar refractivity (Wildman–Crippen MR) is 72.8 cm³/mol. The van der Waals surface area contributed by atoms with E-state index < -0.39 is 5.97 Å². The maximum atomic E-state index is 11.9. The van der Waals surface area contributed by atoms with E-state index in [1.54, 1.807) is 11.4 Å². The van der Waals surface area contributed by atoms with Crippen LogP contribution in [0.15, 0.2) is 17.5 Å². The lowest BCUT2D eigenvalue weighted by atomic mass is 10.1. The Bertz CT molecular complexity index is 463. The second-order valence-corrected chi connectivity index (χ2v) is 5.36. The highest BCUT2D eigenvalue weighted by Gasteiger charge is 2.13. The molecule has 5 heteroatoms. The molecule has 18 heavy (non-hydrogen) atoms. The Morgan fingerprint density at radius 2 is 2.06 bits per heavy atom. The van der Waals surface area contributed by atoms with Crippen LogP contribution in [-0.2, 0) is 4.79 Å². The van der Waals surface area contributed by atoms with Gasteiger partial charge in [-0.25, -0.2) is 4.79 Å². The summed E-state index contributed by atoms with van der Waals surface area (Å²) < 4.78 is 0. The van der Waals surface area contributed by atoms with E-state index in [1.165, 1.54) is 17.4 Å². The number of carbonyl (C=O) groups is 2. The number of aliphatic carboxylic acids is 1. The molecule has 1 atom stereocenters. The van der Waals surface area contributed by atoms with Gasteiger partial charge < -0.3 is 10.4 Å². The Balaban J connectivity index is 2.68. The Kier molecular flexibility index (Phi) is 5.09. The molecule has 0 fully saturated rings. The van der Waals surface area contributed by atoms with Crippen molar-refractivity contribution in [1.29, 1.82) is 0 Å². The molecule has 4 nitrogen and oxygen atoms in total. The van der Waals surface area contributed by atoms with E-state index in [-0.39, 0.29) is 11.9 Å². The van der Waals surface area contributed by atoms with Crippen LogP contribution in [0, 0.1) is 5.92 Å². The summed E-state index contributed by atoms with van der Waals surface area (Å²) in [5.74, 6) is -0.746. The van der Waals surface area contributed by atoms with E-state index in [1.807, 2.05) is 20.8 Å². The molecule has 1 heterocycles. The minimum absolute atomic E-state index is 0.107. The highest BCUT2D eigenvalue weighted by atomic mass is 32.1. The van der Waals surface area contributed by atoms with E-state index in [2.05, 4.69) is 5.32 Å². The number of nitrogens with one attached hydrogen (secondary N) is 1. The normalized spacial score (nSPS) is 12.9. The molecule has 0 saturated heterocycles. The van der Waals surface area contributed by atoms with Gasteiger partial charge in [0.15, 0.2) is 0 Å². The van der Waals surface area contributed by atoms with Crippen LogP contribution >= 0.6 is 11.3 Å². The van der Waals surface area contributed by atoms with Gasteiger partial charge in [0, 0.05) is 22.4 Å². The van der Waals surface area contributed by atoms with Crippen LogP contribution in [0.1, 0.15) is 36.0 Å².